The van der Waals surface area contributed by atoms with Crippen molar-refractivity contribution in [2.45, 2.75) is 13.3 Å². The Bertz CT molecular complexity index is 187. The lowest BCUT2D eigenvalue weighted by Crippen LogP contribution is -1.95. The van der Waals surface area contributed by atoms with Crippen LogP contribution in [-0.4, -0.2) is 6.61 Å². The van der Waals surface area contributed by atoms with Crippen molar-refractivity contribution >= 4 is 0 Å². The van der Waals surface area contributed by atoms with Gasteiger partial charge in [-0.25, -0.2) is 0 Å². The molecule has 0 radical (unpaired) electrons. The maximum absolute atomic E-state index is 5.31. The molecule has 0 saturated carbocycles. The molecule has 0 amide bonds. The molecule has 0 atom stereocenters. The highest BCUT2D eigenvalue weighted by molar-refractivity contribution is 5.36. The third kappa shape index (κ3) is 1.50. The highest BCUT2D eigenvalue weighted by Crippen LogP contribution is 2.16. The van der Waals surface area contributed by atoms with Crippen LogP contribution in [0.25, 0.3) is 0 Å². The van der Waals surface area contributed by atoms with Gasteiger partial charge in [-0.15, -0.1) is 0 Å². The molecule has 54 valence electrons. The fraction of sp³-hybridized carbons (Fsp3) is 0.333. The summed E-state index contributed by atoms with van der Waals surface area (Å²) < 4.78 is 5.31. The van der Waals surface area contributed by atoms with Crippen molar-refractivity contribution in [1.29, 1.82) is 0 Å². The minimum Gasteiger partial charge on any atom is -0.494 e. The zero-order chi connectivity index (χ0) is 7.40. The van der Waals surface area contributed by atoms with Crippen molar-refractivity contribution in [2.75, 3.05) is 6.61 Å². The molecule has 0 aromatic carbocycles. The lowest BCUT2D eigenvalue weighted by atomic mass is 10.1. The SMILES string of the molecule is C=C1C=CCC=C1OCC. The number of allylic oxidation sites excluding steroid dienone is 3. The topological polar surface area (TPSA) is 9.23 Å². The van der Waals surface area contributed by atoms with E-state index in [-0.39, 0.29) is 0 Å². The molecule has 0 aromatic rings. The van der Waals surface area contributed by atoms with E-state index in [9.17, 15) is 0 Å². The molecule has 0 N–H and O–H groups in total. The first kappa shape index (κ1) is 7.13. The lowest BCUT2D eigenvalue weighted by molar-refractivity contribution is 0.238. The van der Waals surface area contributed by atoms with Crippen LogP contribution < -0.4 is 0 Å². The normalized spacial score (nSPS) is 16.9. The van der Waals surface area contributed by atoms with Crippen LogP contribution in [0.3, 0.4) is 0 Å². The van der Waals surface area contributed by atoms with Crippen molar-refractivity contribution < 1.29 is 4.74 Å². The third-order valence-corrected chi connectivity index (χ3v) is 1.37. The van der Waals surface area contributed by atoms with Crippen LogP contribution >= 0.6 is 0 Å². The highest BCUT2D eigenvalue weighted by atomic mass is 16.5. The summed E-state index contributed by atoms with van der Waals surface area (Å²) in [5, 5.41) is 0. The maximum atomic E-state index is 5.31. The smallest absolute Gasteiger partial charge is 0.122 e. The van der Waals surface area contributed by atoms with Gasteiger partial charge in [0.05, 0.1) is 6.61 Å². The van der Waals surface area contributed by atoms with Gasteiger partial charge in [0.1, 0.15) is 5.76 Å². The van der Waals surface area contributed by atoms with Gasteiger partial charge in [-0.05, 0) is 19.4 Å². The number of hydrogen-bond acceptors (Lipinski definition) is 1. The van der Waals surface area contributed by atoms with E-state index in [2.05, 4.69) is 12.7 Å². The van der Waals surface area contributed by atoms with Crippen LogP contribution in [0.4, 0.5) is 0 Å². The summed E-state index contributed by atoms with van der Waals surface area (Å²) in [4.78, 5) is 0. The number of ether oxygens (including phenoxy) is 1. The van der Waals surface area contributed by atoms with Gasteiger partial charge in [0.15, 0.2) is 0 Å². The molecule has 0 fully saturated rings. The Morgan fingerprint density at radius 1 is 1.70 bits per heavy atom. The Balaban J connectivity index is 2.57. The fourth-order valence-corrected chi connectivity index (χ4v) is 0.906. The molecule has 10 heavy (non-hydrogen) atoms. The predicted octanol–water partition coefficient (Wildman–Crippen LogP) is 2.42. The minimum atomic E-state index is 0.721. The van der Waals surface area contributed by atoms with Gasteiger partial charge in [-0.3, -0.25) is 0 Å². The number of rotatable bonds is 2. The first-order chi connectivity index (χ1) is 4.84. The number of hydrogen-bond donors (Lipinski definition) is 0. The minimum absolute atomic E-state index is 0.721. The van der Waals surface area contributed by atoms with Gasteiger partial charge in [0.25, 0.3) is 0 Å². The lowest BCUT2D eigenvalue weighted by Gasteiger charge is -2.10. The quantitative estimate of drug-likeness (QED) is 0.566. The molecule has 1 heteroatoms. The Kier molecular flexibility index (Phi) is 2.32. The Hall–Kier alpha value is -0.980. The summed E-state index contributed by atoms with van der Waals surface area (Å²) in [5.41, 5.74) is 0.980. The van der Waals surface area contributed by atoms with Gasteiger partial charge in [-0.2, -0.15) is 0 Å². The molecule has 0 aromatic heterocycles. The first-order valence-corrected chi connectivity index (χ1v) is 3.53. The van der Waals surface area contributed by atoms with Crippen molar-refractivity contribution in [3.05, 3.63) is 36.1 Å². The second-order valence-electron chi connectivity index (χ2n) is 2.16. The molecule has 0 heterocycles. The molecule has 1 aliphatic carbocycles. The van der Waals surface area contributed by atoms with E-state index in [1.807, 2.05) is 19.1 Å². The first-order valence-electron chi connectivity index (χ1n) is 3.53. The largest absolute Gasteiger partial charge is 0.494 e. The Morgan fingerprint density at radius 2 is 2.50 bits per heavy atom. The fourth-order valence-electron chi connectivity index (χ4n) is 0.906. The van der Waals surface area contributed by atoms with Gasteiger partial charge in [0.2, 0.25) is 0 Å². The third-order valence-electron chi connectivity index (χ3n) is 1.37. The van der Waals surface area contributed by atoms with Crippen LogP contribution in [0.5, 0.6) is 0 Å². The van der Waals surface area contributed by atoms with E-state index < -0.39 is 0 Å². The van der Waals surface area contributed by atoms with E-state index in [4.69, 9.17) is 4.74 Å². The van der Waals surface area contributed by atoms with E-state index in [0.29, 0.717) is 0 Å². The van der Waals surface area contributed by atoms with Crippen LogP contribution in [0.15, 0.2) is 36.1 Å². The summed E-state index contributed by atoms with van der Waals surface area (Å²) in [5.74, 6) is 0.935. The van der Waals surface area contributed by atoms with Crippen molar-refractivity contribution in [1.82, 2.24) is 0 Å². The summed E-state index contributed by atoms with van der Waals surface area (Å²) in [7, 11) is 0. The van der Waals surface area contributed by atoms with Crippen molar-refractivity contribution in [3.8, 4) is 0 Å². The zero-order valence-corrected chi connectivity index (χ0v) is 6.26. The van der Waals surface area contributed by atoms with Crippen LogP contribution in [0, 0.1) is 0 Å². The second-order valence-corrected chi connectivity index (χ2v) is 2.16. The molecular weight excluding hydrogens is 124 g/mol. The summed E-state index contributed by atoms with van der Waals surface area (Å²) in [6.45, 7) is 6.53. The molecule has 0 unspecified atom stereocenters. The summed E-state index contributed by atoms with van der Waals surface area (Å²) in [6, 6.07) is 0. The van der Waals surface area contributed by atoms with Crippen molar-refractivity contribution in [2.24, 2.45) is 0 Å². The van der Waals surface area contributed by atoms with E-state index >= 15 is 0 Å². The van der Waals surface area contributed by atoms with Gasteiger partial charge < -0.3 is 4.74 Å². The standard InChI is InChI=1S/C9H12O/c1-3-10-9-7-5-4-6-8(9)2/h4,6-7H,2-3,5H2,1H3. The zero-order valence-electron chi connectivity index (χ0n) is 6.26. The van der Waals surface area contributed by atoms with E-state index in [0.717, 1.165) is 24.4 Å². The average molecular weight is 136 g/mol. The van der Waals surface area contributed by atoms with Crippen LogP contribution in [0.2, 0.25) is 0 Å². The van der Waals surface area contributed by atoms with Gasteiger partial charge in [0, 0.05) is 5.57 Å². The van der Waals surface area contributed by atoms with Crippen LogP contribution in [0.1, 0.15) is 13.3 Å². The summed E-state index contributed by atoms with van der Waals surface area (Å²) in [6.07, 6.45) is 7.08. The van der Waals surface area contributed by atoms with Crippen molar-refractivity contribution in [3.63, 3.8) is 0 Å². The van der Waals surface area contributed by atoms with Gasteiger partial charge in [-0.1, -0.05) is 18.7 Å². The molecular formula is C9H12O. The molecule has 0 bridgehead atoms. The highest BCUT2D eigenvalue weighted by Gasteiger charge is 2.01. The molecule has 1 rings (SSSR count). The van der Waals surface area contributed by atoms with E-state index in [1.54, 1.807) is 0 Å². The molecule has 0 spiro atoms. The maximum Gasteiger partial charge on any atom is 0.122 e. The predicted molar refractivity (Wildman–Crippen MR) is 42.6 cm³/mol. The molecule has 0 aliphatic heterocycles. The van der Waals surface area contributed by atoms with Crippen LogP contribution in [-0.2, 0) is 4.74 Å². The molecule has 0 saturated heterocycles. The van der Waals surface area contributed by atoms with Gasteiger partial charge >= 0.3 is 0 Å². The Morgan fingerprint density at radius 3 is 3.10 bits per heavy atom. The average Bonchev–Trinajstić information content (AvgIpc) is 1.94. The summed E-state index contributed by atoms with van der Waals surface area (Å²) >= 11 is 0. The Labute approximate surface area is 61.7 Å². The second kappa shape index (κ2) is 3.25. The molecule has 1 aliphatic rings. The van der Waals surface area contributed by atoms with E-state index in [1.165, 1.54) is 0 Å². The molecule has 1 nitrogen and oxygen atoms in total. The monoisotopic (exact) mass is 136 g/mol.